The van der Waals surface area contributed by atoms with E-state index in [1.807, 2.05) is 0 Å². The van der Waals surface area contributed by atoms with Crippen LogP contribution in [0.5, 0.6) is 0 Å². The summed E-state index contributed by atoms with van der Waals surface area (Å²) in [6, 6.07) is 0.288. The van der Waals surface area contributed by atoms with E-state index in [0.717, 1.165) is 0 Å². The molecule has 0 radical (unpaired) electrons. The van der Waals surface area contributed by atoms with Crippen molar-refractivity contribution < 1.29 is 9.90 Å². The molecule has 1 aliphatic heterocycles. The Hall–Kier alpha value is -0.770. The second kappa shape index (κ2) is 1.63. The number of carboxylic acid groups (broad SMARTS) is 1. The van der Waals surface area contributed by atoms with E-state index in [1.54, 1.807) is 0 Å². The van der Waals surface area contributed by atoms with Gasteiger partial charge in [-0.25, -0.2) is 4.79 Å². The van der Waals surface area contributed by atoms with E-state index in [0.29, 0.717) is 24.9 Å². The molecule has 0 aromatic carbocycles. The van der Waals surface area contributed by atoms with E-state index >= 15 is 0 Å². The third kappa shape index (κ3) is 0.623. The van der Waals surface area contributed by atoms with Crippen LogP contribution in [0.1, 0.15) is 0 Å². The fourth-order valence-electron chi connectivity index (χ4n) is 1.73. The molecule has 1 saturated carbocycles. The second-order valence-electron chi connectivity index (χ2n) is 3.09. The van der Waals surface area contributed by atoms with Crippen LogP contribution < -0.4 is 5.73 Å². The number of fused-ring (bicyclic) bond motifs is 1. The molecule has 10 heavy (non-hydrogen) atoms. The smallest absolute Gasteiger partial charge is 0.407 e. The molecule has 56 valence electrons. The number of hydrogen-bond acceptors (Lipinski definition) is 2. The van der Waals surface area contributed by atoms with Crippen LogP contribution >= 0.6 is 0 Å². The van der Waals surface area contributed by atoms with E-state index in [9.17, 15) is 4.79 Å². The monoisotopic (exact) mass is 142 g/mol. The molecule has 2 fully saturated rings. The summed E-state index contributed by atoms with van der Waals surface area (Å²) in [5.41, 5.74) is 5.61. The second-order valence-corrected chi connectivity index (χ2v) is 3.09. The van der Waals surface area contributed by atoms with E-state index in [2.05, 4.69) is 0 Å². The van der Waals surface area contributed by atoms with Crippen LogP contribution in [0.2, 0.25) is 0 Å². The Morgan fingerprint density at radius 2 is 2.00 bits per heavy atom. The summed E-state index contributed by atoms with van der Waals surface area (Å²) in [4.78, 5) is 11.8. The Balaban J connectivity index is 1.95. The average Bonchev–Trinajstić information content (AvgIpc) is 2.38. The van der Waals surface area contributed by atoms with Crippen molar-refractivity contribution in [2.75, 3.05) is 13.1 Å². The van der Waals surface area contributed by atoms with Gasteiger partial charge in [0.2, 0.25) is 0 Å². The summed E-state index contributed by atoms with van der Waals surface area (Å²) in [5.74, 6) is 0.937. The van der Waals surface area contributed by atoms with Crippen molar-refractivity contribution in [2.24, 2.45) is 17.6 Å². The number of hydrogen-bond donors (Lipinski definition) is 2. The quantitative estimate of drug-likeness (QED) is 0.481. The molecule has 0 bridgehead atoms. The van der Waals surface area contributed by atoms with Crippen LogP contribution in [0.25, 0.3) is 0 Å². The molecule has 2 rings (SSSR count). The zero-order chi connectivity index (χ0) is 7.30. The molecule has 2 aliphatic rings. The third-order valence-electron chi connectivity index (χ3n) is 2.53. The lowest BCUT2D eigenvalue weighted by atomic mass is 10.4. The SMILES string of the molecule is N[C@H]1[C@H]2CN(C(=O)O)C[C@@H]12. The van der Waals surface area contributed by atoms with Crippen LogP contribution in [0.3, 0.4) is 0 Å². The first kappa shape index (κ1) is 5.97. The average molecular weight is 142 g/mol. The molecule has 4 nitrogen and oxygen atoms in total. The summed E-state index contributed by atoms with van der Waals surface area (Å²) in [6.07, 6.45) is -0.806. The van der Waals surface area contributed by atoms with Crippen molar-refractivity contribution >= 4 is 6.09 Å². The van der Waals surface area contributed by atoms with Crippen molar-refractivity contribution in [2.45, 2.75) is 6.04 Å². The maximum atomic E-state index is 10.4. The minimum atomic E-state index is -0.806. The third-order valence-corrected chi connectivity index (χ3v) is 2.53. The highest BCUT2D eigenvalue weighted by Crippen LogP contribution is 2.43. The maximum Gasteiger partial charge on any atom is 0.407 e. The zero-order valence-electron chi connectivity index (χ0n) is 5.53. The van der Waals surface area contributed by atoms with Gasteiger partial charge in [0.05, 0.1) is 0 Å². The van der Waals surface area contributed by atoms with Crippen LogP contribution in [0.15, 0.2) is 0 Å². The minimum Gasteiger partial charge on any atom is -0.465 e. The van der Waals surface area contributed by atoms with Crippen molar-refractivity contribution in [3.05, 3.63) is 0 Å². The van der Waals surface area contributed by atoms with E-state index in [-0.39, 0.29) is 6.04 Å². The topological polar surface area (TPSA) is 66.6 Å². The first-order valence-electron chi connectivity index (χ1n) is 3.43. The van der Waals surface area contributed by atoms with E-state index in [1.165, 1.54) is 4.90 Å². The fourth-order valence-corrected chi connectivity index (χ4v) is 1.73. The lowest BCUT2D eigenvalue weighted by Gasteiger charge is -2.13. The summed E-state index contributed by atoms with van der Waals surface area (Å²) in [5, 5.41) is 8.52. The lowest BCUT2D eigenvalue weighted by Crippen LogP contribution is -2.32. The predicted molar refractivity (Wildman–Crippen MR) is 34.6 cm³/mol. The van der Waals surface area contributed by atoms with Gasteiger partial charge in [-0.1, -0.05) is 0 Å². The Morgan fingerprint density at radius 1 is 1.50 bits per heavy atom. The minimum absolute atomic E-state index is 0.288. The number of piperidine rings is 1. The number of nitrogens with two attached hydrogens (primary N) is 1. The van der Waals surface area contributed by atoms with Crippen LogP contribution in [0.4, 0.5) is 4.79 Å². The van der Waals surface area contributed by atoms with Gasteiger partial charge in [0.15, 0.2) is 0 Å². The number of nitrogens with zero attached hydrogens (tertiary/aromatic N) is 1. The van der Waals surface area contributed by atoms with Crippen molar-refractivity contribution in [3.8, 4) is 0 Å². The molecular formula is C6H10N2O2. The highest BCUT2D eigenvalue weighted by atomic mass is 16.4. The summed E-state index contributed by atoms with van der Waals surface area (Å²) < 4.78 is 0. The number of rotatable bonds is 0. The van der Waals surface area contributed by atoms with Crippen LogP contribution in [0, 0.1) is 11.8 Å². The molecule has 1 saturated heterocycles. The van der Waals surface area contributed by atoms with Gasteiger partial charge in [-0.05, 0) is 11.8 Å². The van der Waals surface area contributed by atoms with Gasteiger partial charge in [-0.3, -0.25) is 0 Å². The van der Waals surface area contributed by atoms with Crippen molar-refractivity contribution in [3.63, 3.8) is 0 Å². The van der Waals surface area contributed by atoms with Gasteiger partial charge < -0.3 is 15.7 Å². The molecule has 0 unspecified atom stereocenters. The zero-order valence-corrected chi connectivity index (χ0v) is 5.53. The van der Waals surface area contributed by atoms with Gasteiger partial charge in [0, 0.05) is 19.1 Å². The largest absolute Gasteiger partial charge is 0.465 e. The Kier molecular flexibility index (Phi) is 0.976. The summed E-state index contributed by atoms with van der Waals surface area (Å²) in [7, 11) is 0. The molecule has 3 atom stereocenters. The molecular weight excluding hydrogens is 132 g/mol. The van der Waals surface area contributed by atoms with Gasteiger partial charge in [-0.15, -0.1) is 0 Å². The van der Waals surface area contributed by atoms with Crippen molar-refractivity contribution in [1.82, 2.24) is 4.90 Å². The van der Waals surface area contributed by atoms with Crippen molar-refractivity contribution in [1.29, 1.82) is 0 Å². The molecule has 0 aromatic heterocycles. The van der Waals surface area contributed by atoms with Crippen LogP contribution in [-0.2, 0) is 0 Å². The highest BCUT2D eigenvalue weighted by Gasteiger charge is 2.54. The molecule has 0 spiro atoms. The van der Waals surface area contributed by atoms with Gasteiger partial charge >= 0.3 is 6.09 Å². The van der Waals surface area contributed by atoms with E-state index < -0.39 is 6.09 Å². The van der Waals surface area contributed by atoms with Gasteiger partial charge in [0.25, 0.3) is 0 Å². The normalized spacial score (nSPS) is 43.3. The molecule has 1 aliphatic carbocycles. The lowest BCUT2D eigenvalue weighted by molar-refractivity contribution is 0.150. The van der Waals surface area contributed by atoms with Gasteiger partial charge in [-0.2, -0.15) is 0 Å². The molecule has 4 heteroatoms. The van der Waals surface area contributed by atoms with Crippen LogP contribution in [-0.4, -0.2) is 35.2 Å². The summed E-state index contributed by atoms with van der Waals surface area (Å²) in [6.45, 7) is 1.31. The van der Waals surface area contributed by atoms with Gasteiger partial charge in [0.1, 0.15) is 0 Å². The maximum absolute atomic E-state index is 10.4. The number of carbonyl (C=O) groups is 1. The molecule has 1 amide bonds. The Morgan fingerprint density at radius 3 is 2.40 bits per heavy atom. The van der Waals surface area contributed by atoms with E-state index in [4.69, 9.17) is 10.8 Å². The number of likely N-dealkylation sites (tertiary alicyclic amines) is 1. The fraction of sp³-hybridized carbons (Fsp3) is 0.833. The summed E-state index contributed by atoms with van der Waals surface area (Å²) >= 11 is 0. The predicted octanol–water partition coefficient (Wildman–Crippen LogP) is -0.447. The first-order chi connectivity index (χ1) is 4.70. The Labute approximate surface area is 58.6 Å². The number of amides is 1. The standard InChI is InChI=1S/C6H10N2O2/c7-5-3-1-8(6(9)10)2-4(3)5/h3-5H,1-2,7H2,(H,9,10)/t3-,4+,5-. The molecule has 3 N–H and O–H groups in total. The first-order valence-corrected chi connectivity index (χ1v) is 3.43. The Bertz CT molecular complexity index is 171. The molecule has 0 aromatic rings. The highest BCUT2D eigenvalue weighted by molar-refractivity contribution is 5.65. The molecule has 1 heterocycles.